The third-order valence-corrected chi connectivity index (χ3v) is 4.27. The van der Waals surface area contributed by atoms with Gasteiger partial charge in [-0.2, -0.15) is 0 Å². The van der Waals surface area contributed by atoms with E-state index in [4.69, 9.17) is 10.5 Å². The number of hydrogen-bond donors (Lipinski definition) is 4. The van der Waals surface area contributed by atoms with Gasteiger partial charge in [-0.3, -0.25) is 14.4 Å². The molecule has 178 valence electrons. The number of phenols is 1. The molecule has 10 nitrogen and oxygen atoms in total. The Bertz CT molecular complexity index is 834. The topological polar surface area (TPSA) is 151 Å². The number of rotatable bonds is 9. The minimum absolute atomic E-state index is 0.0668. The summed E-state index contributed by atoms with van der Waals surface area (Å²) in [6, 6.07) is 3.55. The summed E-state index contributed by atoms with van der Waals surface area (Å²) in [7, 11) is 1.41. The van der Waals surface area contributed by atoms with E-state index in [0.29, 0.717) is 5.56 Å². The van der Waals surface area contributed by atoms with E-state index in [-0.39, 0.29) is 24.6 Å². The second-order valence-corrected chi connectivity index (χ2v) is 8.81. The molecule has 0 bridgehead atoms. The predicted molar refractivity (Wildman–Crippen MR) is 118 cm³/mol. The number of amides is 4. The quantitative estimate of drug-likeness (QED) is 0.448. The molecule has 0 aliphatic carbocycles. The van der Waals surface area contributed by atoms with E-state index in [1.165, 1.54) is 19.2 Å². The van der Waals surface area contributed by atoms with Crippen molar-refractivity contribution in [2.75, 3.05) is 7.05 Å². The van der Waals surface area contributed by atoms with Gasteiger partial charge in [0, 0.05) is 19.5 Å². The van der Waals surface area contributed by atoms with E-state index >= 15 is 0 Å². The lowest BCUT2D eigenvalue weighted by Crippen LogP contribution is -2.52. The fourth-order valence-electron chi connectivity index (χ4n) is 2.98. The van der Waals surface area contributed by atoms with Gasteiger partial charge in [0.05, 0.1) is 0 Å². The molecule has 0 aliphatic rings. The number of nitrogens with two attached hydrogens (primary N) is 1. The van der Waals surface area contributed by atoms with Gasteiger partial charge in [-0.25, -0.2) is 4.79 Å². The molecule has 2 atom stereocenters. The molecule has 10 heteroatoms. The zero-order valence-corrected chi connectivity index (χ0v) is 19.5. The summed E-state index contributed by atoms with van der Waals surface area (Å²) in [5, 5.41) is 15.1. The highest BCUT2D eigenvalue weighted by Gasteiger charge is 2.34. The number of alkyl carbamates (subject to hydrolysis) is 1. The Morgan fingerprint density at radius 3 is 2.28 bits per heavy atom. The van der Waals surface area contributed by atoms with Crippen molar-refractivity contribution >= 4 is 23.8 Å². The van der Waals surface area contributed by atoms with Gasteiger partial charge >= 0.3 is 6.09 Å². The number of nitrogens with zero attached hydrogens (tertiary/aromatic N) is 1. The van der Waals surface area contributed by atoms with Crippen molar-refractivity contribution in [1.29, 1.82) is 0 Å². The highest BCUT2D eigenvalue weighted by Crippen LogP contribution is 2.25. The Labute approximate surface area is 188 Å². The SMILES string of the molecule is CC(C)NC(=O)C(c1cccc(O)c1)N(C)C(=O)C(CCC(N)=O)NC(=O)OC(C)(C)C. The number of benzene rings is 1. The first kappa shape index (κ1) is 26.7. The summed E-state index contributed by atoms with van der Waals surface area (Å²) in [4.78, 5) is 51.0. The van der Waals surface area contributed by atoms with Gasteiger partial charge in [-0.15, -0.1) is 0 Å². The summed E-state index contributed by atoms with van der Waals surface area (Å²) in [6.07, 6.45) is -1.07. The van der Waals surface area contributed by atoms with Crippen molar-refractivity contribution < 1.29 is 29.0 Å². The number of aromatic hydroxyl groups is 1. The average Bonchev–Trinajstić information content (AvgIpc) is 2.62. The zero-order valence-electron chi connectivity index (χ0n) is 19.5. The predicted octanol–water partition coefficient (Wildman–Crippen LogP) is 1.58. The number of primary amides is 1. The molecular formula is C22H34N4O6. The number of nitrogens with one attached hydrogen (secondary N) is 2. The first-order valence-electron chi connectivity index (χ1n) is 10.3. The van der Waals surface area contributed by atoms with Crippen LogP contribution in [-0.4, -0.2) is 58.6 Å². The van der Waals surface area contributed by atoms with Crippen LogP contribution in [-0.2, 0) is 19.1 Å². The van der Waals surface area contributed by atoms with Crippen LogP contribution in [0.5, 0.6) is 5.75 Å². The van der Waals surface area contributed by atoms with Gasteiger partial charge in [0.1, 0.15) is 23.4 Å². The summed E-state index contributed by atoms with van der Waals surface area (Å²) in [5.74, 6) is -1.79. The lowest BCUT2D eigenvalue weighted by Gasteiger charge is -2.32. The molecule has 0 aliphatic heterocycles. The minimum atomic E-state index is -1.16. The highest BCUT2D eigenvalue weighted by molar-refractivity contribution is 5.92. The van der Waals surface area contributed by atoms with Gasteiger partial charge in [-0.1, -0.05) is 12.1 Å². The summed E-state index contributed by atoms with van der Waals surface area (Å²) < 4.78 is 5.22. The first-order chi connectivity index (χ1) is 14.7. The number of ether oxygens (including phenoxy) is 1. The van der Waals surface area contributed by atoms with Crippen molar-refractivity contribution in [3.8, 4) is 5.75 Å². The Morgan fingerprint density at radius 1 is 1.16 bits per heavy atom. The fraction of sp³-hybridized carbons (Fsp3) is 0.545. The van der Waals surface area contributed by atoms with Gasteiger partial charge < -0.3 is 31.1 Å². The summed E-state index contributed by atoms with van der Waals surface area (Å²) >= 11 is 0. The average molecular weight is 451 g/mol. The van der Waals surface area contributed by atoms with Crippen molar-refractivity contribution in [2.24, 2.45) is 5.73 Å². The Hall–Kier alpha value is -3.30. The van der Waals surface area contributed by atoms with Crippen LogP contribution in [0.25, 0.3) is 0 Å². The van der Waals surface area contributed by atoms with Crippen molar-refractivity contribution in [2.45, 2.75) is 71.2 Å². The van der Waals surface area contributed by atoms with Crippen molar-refractivity contribution in [3.05, 3.63) is 29.8 Å². The van der Waals surface area contributed by atoms with Crippen molar-refractivity contribution in [1.82, 2.24) is 15.5 Å². The Balaban J connectivity index is 3.24. The van der Waals surface area contributed by atoms with E-state index in [1.807, 2.05) is 0 Å². The van der Waals surface area contributed by atoms with E-state index in [0.717, 1.165) is 4.90 Å². The minimum Gasteiger partial charge on any atom is -0.508 e. The molecule has 0 saturated carbocycles. The molecule has 4 amide bonds. The second-order valence-electron chi connectivity index (χ2n) is 8.81. The maximum atomic E-state index is 13.3. The molecular weight excluding hydrogens is 416 g/mol. The molecule has 1 rings (SSSR count). The van der Waals surface area contributed by atoms with Crippen LogP contribution in [0.3, 0.4) is 0 Å². The molecule has 1 aromatic carbocycles. The van der Waals surface area contributed by atoms with Gasteiger partial charge in [0.25, 0.3) is 0 Å². The van der Waals surface area contributed by atoms with Gasteiger partial charge in [0.2, 0.25) is 17.7 Å². The van der Waals surface area contributed by atoms with Gasteiger partial charge in [-0.05, 0) is 58.7 Å². The number of hydrogen-bond acceptors (Lipinski definition) is 6. The molecule has 0 radical (unpaired) electrons. The zero-order chi connectivity index (χ0) is 24.6. The van der Waals surface area contributed by atoms with Gasteiger partial charge in [0.15, 0.2) is 0 Å². The highest BCUT2D eigenvalue weighted by atomic mass is 16.6. The first-order valence-corrected chi connectivity index (χ1v) is 10.3. The molecule has 2 unspecified atom stereocenters. The molecule has 0 spiro atoms. The third kappa shape index (κ3) is 8.83. The normalized spacial score (nSPS) is 13.1. The molecule has 32 heavy (non-hydrogen) atoms. The molecule has 0 aromatic heterocycles. The maximum Gasteiger partial charge on any atom is 0.408 e. The monoisotopic (exact) mass is 450 g/mol. The number of likely N-dealkylation sites (N-methyl/N-ethyl adjacent to an activating group) is 1. The molecule has 0 saturated heterocycles. The van der Waals surface area contributed by atoms with Crippen molar-refractivity contribution in [3.63, 3.8) is 0 Å². The van der Waals surface area contributed by atoms with Crippen LogP contribution in [0.15, 0.2) is 24.3 Å². The van der Waals surface area contributed by atoms with E-state index in [2.05, 4.69) is 10.6 Å². The second kappa shape index (κ2) is 11.4. The molecule has 1 aromatic rings. The Morgan fingerprint density at radius 2 is 1.78 bits per heavy atom. The Kier molecular flexibility index (Phi) is 9.49. The smallest absolute Gasteiger partial charge is 0.408 e. The summed E-state index contributed by atoms with van der Waals surface area (Å²) in [6.45, 7) is 8.57. The van der Waals surface area contributed by atoms with Crippen LogP contribution in [0.2, 0.25) is 0 Å². The van der Waals surface area contributed by atoms with Crippen LogP contribution in [0.4, 0.5) is 4.79 Å². The third-order valence-electron chi connectivity index (χ3n) is 4.27. The summed E-state index contributed by atoms with van der Waals surface area (Å²) in [5.41, 5.74) is 4.80. The number of carbonyl (C=O) groups excluding carboxylic acids is 4. The van der Waals surface area contributed by atoms with Crippen LogP contribution in [0.1, 0.15) is 59.1 Å². The van der Waals surface area contributed by atoms with E-state index < -0.39 is 41.5 Å². The fourth-order valence-corrected chi connectivity index (χ4v) is 2.98. The number of phenolic OH excluding ortho intramolecular Hbond substituents is 1. The van der Waals surface area contributed by atoms with Crippen LogP contribution >= 0.6 is 0 Å². The van der Waals surface area contributed by atoms with Crippen LogP contribution < -0.4 is 16.4 Å². The largest absolute Gasteiger partial charge is 0.508 e. The van der Waals surface area contributed by atoms with E-state index in [9.17, 15) is 24.3 Å². The number of carbonyl (C=O) groups is 4. The molecule has 0 heterocycles. The lowest BCUT2D eigenvalue weighted by atomic mass is 10.0. The molecule has 5 N–H and O–H groups in total. The lowest BCUT2D eigenvalue weighted by molar-refractivity contribution is -0.141. The van der Waals surface area contributed by atoms with Crippen LogP contribution in [0, 0.1) is 0 Å². The maximum absolute atomic E-state index is 13.3. The standard InChI is InChI=1S/C22H34N4O6/c1-13(2)24-19(29)18(14-8-7-9-15(27)12-14)26(6)20(30)16(10-11-17(23)28)25-21(31)32-22(3,4)5/h7-9,12-13,16,18,27H,10-11H2,1-6H3,(H2,23,28)(H,24,29)(H,25,31). The van der Waals surface area contributed by atoms with E-state index in [1.54, 1.807) is 46.8 Å². The molecule has 0 fully saturated rings.